The highest BCUT2D eigenvalue weighted by atomic mass is 16.5. The van der Waals surface area contributed by atoms with Gasteiger partial charge in [0.1, 0.15) is 6.54 Å². The van der Waals surface area contributed by atoms with Crippen LogP contribution in [0.15, 0.2) is 42.5 Å². The summed E-state index contributed by atoms with van der Waals surface area (Å²) in [5.74, 6) is 1.27. The summed E-state index contributed by atoms with van der Waals surface area (Å²) in [4.78, 5) is 24.8. The summed E-state index contributed by atoms with van der Waals surface area (Å²) in [6.07, 6.45) is 0. The fourth-order valence-electron chi connectivity index (χ4n) is 2.73. The van der Waals surface area contributed by atoms with E-state index in [1.54, 1.807) is 36.4 Å². The van der Waals surface area contributed by atoms with Crippen molar-refractivity contribution >= 4 is 17.4 Å². The first kappa shape index (κ1) is 21.0. The Morgan fingerprint density at radius 1 is 1.00 bits per heavy atom. The first-order valence-corrected chi connectivity index (χ1v) is 9.58. The van der Waals surface area contributed by atoms with E-state index < -0.39 is 0 Å². The molecule has 0 aliphatic heterocycles. The lowest BCUT2D eigenvalue weighted by Crippen LogP contribution is -2.20. The number of tetrazole rings is 1. The number of Topliss-reactive ketones (excluding diaryl/α,β-unsaturated/α-hetero) is 1. The third-order valence-electron chi connectivity index (χ3n) is 4.11. The molecule has 3 aromatic rings. The molecular weight excluding hydrogens is 386 g/mol. The molecule has 0 unspecified atom stereocenters. The van der Waals surface area contributed by atoms with Crippen LogP contribution < -0.4 is 14.8 Å². The van der Waals surface area contributed by atoms with Gasteiger partial charge in [0.15, 0.2) is 17.3 Å². The number of ketones is 1. The van der Waals surface area contributed by atoms with Gasteiger partial charge in [0.05, 0.1) is 13.2 Å². The number of carbonyl (C=O) groups is 2. The van der Waals surface area contributed by atoms with Crippen molar-refractivity contribution in [2.75, 3.05) is 18.5 Å². The second-order valence-corrected chi connectivity index (χ2v) is 6.35. The predicted octanol–water partition coefficient (Wildman–Crippen LogP) is 2.98. The number of anilines is 1. The summed E-state index contributed by atoms with van der Waals surface area (Å²) < 4.78 is 11.2. The van der Waals surface area contributed by atoms with Crippen molar-refractivity contribution in [3.05, 3.63) is 48.0 Å². The molecule has 0 saturated carbocycles. The quantitative estimate of drug-likeness (QED) is 0.541. The summed E-state index contributed by atoms with van der Waals surface area (Å²) >= 11 is 0. The molecule has 3 rings (SSSR count). The number of ether oxygens (including phenoxy) is 2. The van der Waals surface area contributed by atoms with E-state index in [9.17, 15) is 9.59 Å². The molecule has 1 amide bonds. The van der Waals surface area contributed by atoms with Gasteiger partial charge in [-0.15, -0.1) is 10.2 Å². The largest absolute Gasteiger partial charge is 0.490 e. The minimum atomic E-state index is -0.309. The number of rotatable bonds is 9. The molecule has 0 bridgehead atoms. The Balaban J connectivity index is 1.67. The Morgan fingerprint density at radius 2 is 1.70 bits per heavy atom. The van der Waals surface area contributed by atoms with Gasteiger partial charge >= 0.3 is 0 Å². The van der Waals surface area contributed by atoms with E-state index in [2.05, 4.69) is 20.7 Å². The van der Waals surface area contributed by atoms with Crippen LogP contribution in [-0.2, 0) is 11.3 Å². The summed E-state index contributed by atoms with van der Waals surface area (Å²) in [7, 11) is 0. The maximum Gasteiger partial charge on any atom is 0.248 e. The van der Waals surface area contributed by atoms with Gasteiger partial charge in [-0.2, -0.15) is 4.80 Å². The van der Waals surface area contributed by atoms with Crippen molar-refractivity contribution in [3.63, 3.8) is 0 Å². The number of nitrogens with zero attached hydrogens (tertiary/aromatic N) is 4. The minimum Gasteiger partial charge on any atom is -0.490 e. The molecule has 0 aliphatic carbocycles. The van der Waals surface area contributed by atoms with Crippen LogP contribution in [0.1, 0.15) is 31.1 Å². The van der Waals surface area contributed by atoms with Gasteiger partial charge in [0, 0.05) is 16.8 Å². The van der Waals surface area contributed by atoms with Gasteiger partial charge in [-0.3, -0.25) is 9.59 Å². The molecule has 1 N–H and O–H groups in total. The van der Waals surface area contributed by atoms with E-state index in [4.69, 9.17) is 9.47 Å². The van der Waals surface area contributed by atoms with Gasteiger partial charge in [-0.05, 0) is 68.4 Å². The molecule has 0 atom stereocenters. The summed E-state index contributed by atoms with van der Waals surface area (Å²) in [5, 5.41) is 15.0. The Labute approximate surface area is 174 Å². The lowest BCUT2D eigenvalue weighted by Gasteiger charge is -2.11. The minimum absolute atomic E-state index is 0.0333. The zero-order valence-electron chi connectivity index (χ0n) is 17.1. The fraction of sp³-hybridized carbons (Fsp3) is 0.286. The zero-order valence-corrected chi connectivity index (χ0v) is 17.1. The average molecular weight is 409 g/mol. The molecule has 0 radical (unpaired) electrons. The van der Waals surface area contributed by atoms with Crippen LogP contribution in [-0.4, -0.2) is 45.1 Å². The van der Waals surface area contributed by atoms with Gasteiger partial charge in [0.25, 0.3) is 0 Å². The molecule has 1 aromatic heterocycles. The first-order chi connectivity index (χ1) is 14.5. The Kier molecular flexibility index (Phi) is 6.74. The highest BCUT2D eigenvalue weighted by Gasteiger charge is 2.13. The molecular formula is C21H23N5O4. The topological polar surface area (TPSA) is 108 Å². The Bertz CT molecular complexity index is 1030. The predicted molar refractivity (Wildman–Crippen MR) is 111 cm³/mol. The van der Waals surface area contributed by atoms with E-state index in [-0.39, 0.29) is 18.2 Å². The molecule has 9 nitrogen and oxygen atoms in total. The number of hydrogen-bond donors (Lipinski definition) is 1. The van der Waals surface area contributed by atoms with E-state index >= 15 is 0 Å². The van der Waals surface area contributed by atoms with Gasteiger partial charge in [0.2, 0.25) is 11.7 Å². The van der Waals surface area contributed by atoms with Gasteiger partial charge in [-0.1, -0.05) is 0 Å². The molecule has 9 heteroatoms. The summed E-state index contributed by atoms with van der Waals surface area (Å²) in [6.45, 7) is 6.21. The molecule has 2 aromatic carbocycles. The smallest absolute Gasteiger partial charge is 0.248 e. The molecule has 156 valence electrons. The molecule has 0 saturated heterocycles. The normalized spacial score (nSPS) is 10.5. The average Bonchev–Trinajstić information content (AvgIpc) is 3.18. The van der Waals surface area contributed by atoms with E-state index in [0.717, 1.165) is 0 Å². The maximum atomic E-state index is 12.3. The highest BCUT2D eigenvalue weighted by molar-refractivity contribution is 5.95. The monoisotopic (exact) mass is 409 g/mol. The third-order valence-corrected chi connectivity index (χ3v) is 4.11. The number of nitrogens with one attached hydrogen (secondary N) is 1. The SMILES string of the molecule is CCOc1ccc(-c2nnn(CC(=O)Nc3ccc(C(C)=O)cc3)n2)cc1OCC. The molecule has 0 aliphatic rings. The lowest BCUT2D eigenvalue weighted by molar-refractivity contribution is -0.117. The maximum absolute atomic E-state index is 12.3. The number of benzene rings is 2. The number of hydrogen-bond acceptors (Lipinski definition) is 7. The van der Waals surface area contributed by atoms with Crippen molar-refractivity contribution in [1.29, 1.82) is 0 Å². The van der Waals surface area contributed by atoms with Crippen LogP contribution in [0.3, 0.4) is 0 Å². The van der Waals surface area contributed by atoms with Crippen molar-refractivity contribution in [3.8, 4) is 22.9 Å². The van der Waals surface area contributed by atoms with Crippen molar-refractivity contribution in [1.82, 2.24) is 20.2 Å². The highest BCUT2D eigenvalue weighted by Crippen LogP contribution is 2.31. The molecule has 0 fully saturated rings. The van der Waals surface area contributed by atoms with Crippen LogP contribution in [0, 0.1) is 0 Å². The zero-order chi connectivity index (χ0) is 21.5. The van der Waals surface area contributed by atoms with Crippen molar-refractivity contribution in [2.45, 2.75) is 27.3 Å². The van der Waals surface area contributed by atoms with Crippen LogP contribution in [0.25, 0.3) is 11.4 Å². The molecule has 30 heavy (non-hydrogen) atoms. The third kappa shape index (κ3) is 5.19. The lowest BCUT2D eigenvalue weighted by atomic mass is 10.1. The summed E-state index contributed by atoms with van der Waals surface area (Å²) in [5.41, 5.74) is 1.86. The second kappa shape index (κ2) is 9.64. The number of amides is 1. The van der Waals surface area contributed by atoms with Crippen LogP contribution in [0.4, 0.5) is 5.69 Å². The Hall–Kier alpha value is -3.75. The number of aromatic nitrogens is 4. The van der Waals surface area contributed by atoms with E-state index in [1.807, 2.05) is 19.9 Å². The molecule has 0 spiro atoms. The van der Waals surface area contributed by atoms with E-state index in [1.165, 1.54) is 11.7 Å². The first-order valence-electron chi connectivity index (χ1n) is 9.58. The van der Waals surface area contributed by atoms with Crippen LogP contribution >= 0.6 is 0 Å². The Morgan fingerprint density at radius 3 is 2.37 bits per heavy atom. The van der Waals surface area contributed by atoms with Gasteiger partial charge < -0.3 is 14.8 Å². The van der Waals surface area contributed by atoms with E-state index in [0.29, 0.717) is 47.4 Å². The summed E-state index contributed by atoms with van der Waals surface area (Å²) in [6, 6.07) is 12.0. The molecule has 1 heterocycles. The van der Waals surface area contributed by atoms with Crippen molar-refractivity contribution < 1.29 is 19.1 Å². The second-order valence-electron chi connectivity index (χ2n) is 6.35. The van der Waals surface area contributed by atoms with Crippen molar-refractivity contribution in [2.24, 2.45) is 0 Å². The van der Waals surface area contributed by atoms with Crippen LogP contribution in [0.5, 0.6) is 11.5 Å². The standard InChI is InChI=1S/C21H23N5O4/c1-4-29-18-11-8-16(12-19(18)30-5-2)21-23-25-26(24-21)13-20(28)22-17-9-6-15(7-10-17)14(3)27/h6-12H,4-5,13H2,1-3H3,(H,22,28). The fourth-order valence-corrected chi connectivity index (χ4v) is 2.73. The van der Waals surface area contributed by atoms with Gasteiger partial charge in [-0.25, -0.2) is 0 Å². The van der Waals surface area contributed by atoms with Crippen LogP contribution in [0.2, 0.25) is 0 Å². The number of carbonyl (C=O) groups excluding carboxylic acids is 2.